The van der Waals surface area contributed by atoms with Crippen LogP contribution in [0.15, 0.2) is 0 Å². The van der Waals surface area contributed by atoms with Crippen LogP contribution in [0, 0.1) is 35.0 Å². The van der Waals surface area contributed by atoms with E-state index in [1.807, 2.05) is 4.90 Å². The minimum absolute atomic E-state index is 0. The largest absolute Gasteiger partial charge is 0.314 e. The number of benzene rings is 1. The van der Waals surface area contributed by atoms with E-state index in [2.05, 4.69) is 5.32 Å². The highest BCUT2D eigenvalue weighted by Crippen LogP contribution is 2.42. The molecular weight excluding hydrogens is 351 g/mol. The Balaban J connectivity index is 0.00000208. The van der Waals surface area contributed by atoms with Crippen molar-refractivity contribution in [3.63, 3.8) is 0 Å². The Bertz CT molecular complexity index is 557. The Labute approximate surface area is 143 Å². The molecule has 0 bridgehead atoms. The van der Waals surface area contributed by atoms with E-state index in [-0.39, 0.29) is 18.3 Å². The topological polar surface area (TPSA) is 15.3 Å². The summed E-state index contributed by atoms with van der Waals surface area (Å²) >= 11 is 0. The number of nitrogens with zero attached hydrogens (tertiary/aromatic N) is 1. The van der Waals surface area contributed by atoms with Crippen LogP contribution in [0.4, 0.5) is 22.0 Å². The van der Waals surface area contributed by atoms with E-state index < -0.39 is 40.7 Å². The van der Waals surface area contributed by atoms with Gasteiger partial charge in [-0.05, 0) is 18.8 Å². The molecule has 1 N–H and O–H groups in total. The quantitative estimate of drug-likeness (QED) is 0.492. The zero-order valence-corrected chi connectivity index (χ0v) is 13.9. The average Bonchev–Trinajstić information content (AvgIpc) is 3.10. The van der Waals surface area contributed by atoms with Gasteiger partial charge in [0.15, 0.2) is 23.3 Å². The van der Waals surface area contributed by atoms with E-state index >= 15 is 0 Å². The maximum Gasteiger partial charge on any atom is 0.200 e. The van der Waals surface area contributed by atoms with E-state index in [9.17, 15) is 22.0 Å². The molecule has 0 amide bonds. The third-order valence-corrected chi connectivity index (χ3v) is 4.93. The van der Waals surface area contributed by atoms with Crippen molar-refractivity contribution in [2.45, 2.75) is 31.7 Å². The fourth-order valence-electron chi connectivity index (χ4n) is 3.83. The Kier molecular flexibility index (Phi) is 6.45. The molecular formula is C16H20ClF5N2. The normalized spacial score (nSPS) is 20.9. The molecule has 0 aromatic heterocycles. The SMILES string of the molecule is Cl.Fc1c(F)c(F)c([C@H](C2CCCC2)N2CCNCC2)c(F)c1F. The highest BCUT2D eigenvalue weighted by atomic mass is 35.5. The van der Waals surface area contributed by atoms with Gasteiger partial charge in [-0.3, -0.25) is 4.90 Å². The first kappa shape index (κ1) is 19.4. The molecule has 2 aliphatic rings. The van der Waals surface area contributed by atoms with Gasteiger partial charge >= 0.3 is 0 Å². The Morgan fingerprint density at radius 1 is 0.792 bits per heavy atom. The average molecular weight is 371 g/mol. The zero-order chi connectivity index (χ0) is 16.6. The van der Waals surface area contributed by atoms with Crippen molar-refractivity contribution < 1.29 is 22.0 Å². The lowest BCUT2D eigenvalue weighted by molar-refractivity contribution is 0.117. The van der Waals surface area contributed by atoms with E-state index in [1.54, 1.807) is 0 Å². The molecule has 2 fully saturated rings. The van der Waals surface area contributed by atoms with Crippen molar-refractivity contribution in [1.29, 1.82) is 0 Å². The summed E-state index contributed by atoms with van der Waals surface area (Å²) in [6.45, 7) is 2.33. The van der Waals surface area contributed by atoms with Gasteiger partial charge in [0.25, 0.3) is 0 Å². The van der Waals surface area contributed by atoms with E-state index in [4.69, 9.17) is 0 Å². The second kappa shape index (κ2) is 7.97. The van der Waals surface area contributed by atoms with Gasteiger partial charge < -0.3 is 5.32 Å². The molecule has 2 nitrogen and oxygen atoms in total. The summed E-state index contributed by atoms with van der Waals surface area (Å²) in [5.74, 6) is -9.24. The van der Waals surface area contributed by atoms with Crippen LogP contribution in [-0.4, -0.2) is 31.1 Å². The van der Waals surface area contributed by atoms with Gasteiger partial charge in [0.1, 0.15) is 0 Å². The summed E-state index contributed by atoms with van der Waals surface area (Å²) < 4.78 is 69.2. The number of halogens is 6. The molecule has 1 aliphatic carbocycles. The van der Waals surface area contributed by atoms with Crippen LogP contribution in [0.2, 0.25) is 0 Å². The third kappa shape index (κ3) is 3.39. The minimum Gasteiger partial charge on any atom is -0.314 e. The number of nitrogens with one attached hydrogen (secondary N) is 1. The Morgan fingerprint density at radius 2 is 1.25 bits per heavy atom. The Morgan fingerprint density at radius 3 is 1.75 bits per heavy atom. The van der Waals surface area contributed by atoms with Crippen molar-refractivity contribution in [3.8, 4) is 0 Å². The van der Waals surface area contributed by atoms with E-state index in [1.165, 1.54) is 0 Å². The fourth-order valence-corrected chi connectivity index (χ4v) is 3.83. The summed E-state index contributed by atoms with van der Waals surface area (Å²) in [5, 5.41) is 3.14. The van der Waals surface area contributed by atoms with Crippen LogP contribution >= 0.6 is 12.4 Å². The summed E-state index contributed by atoms with van der Waals surface area (Å²) in [5.41, 5.74) is -0.657. The van der Waals surface area contributed by atoms with Crippen LogP contribution in [0.1, 0.15) is 37.3 Å². The molecule has 1 atom stereocenters. The van der Waals surface area contributed by atoms with Crippen molar-refractivity contribution in [1.82, 2.24) is 10.2 Å². The fraction of sp³-hybridized carbons (Fsp3) is 0.625. The van der Waals surface area contributed by atoms with Crippen molar-refractivity contribution in [2.24, 2.45) is 5.92 Å². The first-order valence-corrected chi connectivity index (χ1v) is 7.98. The molecule has 1 aromatic rings. The van der Waals surface area contributed by atoms with Gasteiger partial charge in [0.05, 0.1) is 0 Å². The molecule has 1 aromatic carbocycles. The van der Waals surface area contributed by atoms with Crippen LogP contribution in [0.3, 0.4) is 0 Å². The Hall–Kier alpha value is -0.920. The number of piperazine rings is 1. The van der Waals surface area contributed by atoms with Crippen LogP contribution in [0.5, 0.6) is 0 Å². The van der Waals surface area contributed by atoms with Crippen LogP contribution in [-0.2, 0) is 0 Å². The molecule has 0 radical (unpaired) electrons. The highest BCUT2D eigenvalue weighted by Gasteiger charge is 2.38. The summed E-state index contributed by atoms with van der Waals surface area (Å²) in [6, 6.07) is -0.760. The maximum absolute atomic E-state index is 14.3. The van der Waals surface area contributed by atoms with Gasteiger partial charge in [-0.2, -0.15) is 0 Å². The number of hydrogen-bond acceptors (Lipinski definition) is 2. The maximum atomic E-state index is 14.3. The van der Waals surface area contributed by atoms with Crippen molar-refractivity contribution in [3.05, 3.63) is 34.6 Å². The summed E-state index contributed by atoms with van der Waals surface area (Å²) in [4.78, 5) is 1.85. The second-order valence-electron chi connectivity index (χ2n) is 6.26. The number of hydrogen-bond donors (Lipinski definition) is 1. The van der Waals surface area contributed by atoms with Gasteiger partial charge in [0.2, 0.25) is 5.82 Å². The highest BCUT2D eigenvalue weighted by molar-refractivity contribution is 5.85. The predicted octanol–water partition coefficient (Wildman–Crippen LogP) is 3.94. The molecule has 3 rings (SSSR count). The van der Waals surface area contributed by atoms with Gasteiger partial charge in [-0.25, -0.2) is 22.0 Å². The predicted molar refractivity (Wildman–Crippen MR) is 82.6 cm³/mol. The molecule has 1 aliphatic heterocycles. The lowest BCUT2D eigenvalue weighted by Crippen LogP contribution is -2.47. The van der Waals surface area contributed by atoms with E-state index in [0.29, 0.717) is 26.2 Å². The lowest BCUT2D eigenvalue weighted by Gasteiger charge is -2.38. The van der Waals surface area contributed by atoms with Gasteiger partial charge in [-0.1, -0.05) is 12.8 Å². The molecule has 1 saturated carbocycles. The molecule has 0 unspecified atom stereocenters. The lowest BCUT2D eigenvalue weighted by atomic mass is 9.88. The first-order chi connectivity index (χ1) is 11.0. The first-order valence-electron chi connectivity index (χ1n) is 7.98. The van der Waals surface area contributed by atoms with E-state index in [0.717, 1.165) is 25.7 Å². The minimum atomic E-state index is -2.09. The standard InChI is InChI=1S/C16H19F5N2.ClH/c17-11-10(12(18)14(20)15(21)13(11)19)16(9-3-1-2-4-9)23-7-5-22-6-8-23;/h9,16,22H,1-8H2;1H/t16-;/m0./s1. The summed E-state index contributed by atoms with van der Waals surface area (Å²) in [7, 11) is 0. The molecule has 24 heavy (non-hydrogen) atoms. The smallest absolute Gasteiger partial charge is 0.200 e. The van der Waals surface area contributed by atoms with Crippen molar-refractivity contribution >= 4 is 12.4 Å². The molecule has 136 valence electrons. The van der Waals surface area contributed by atoms with Gasteiger partial charge in [0, 0.05) is 37.8 Å². The molecule has 1 heterocycles. The monoisotopic (exact) mass is 370 g/mol. The molecule has 8 heteroatoms. The van der Waals surface area contributed by atoms with Crippen LogP contribution in [0.25, 0.3) is 0 Å². The number of rotatable bonds is 3. The molecule has 1 saturated heterocycles. The zero-order valence-electron chi connectivity index (χ0n) is 13.1. The summed E-state index contributed by atoms with van der Waals surface area (Å²) in [6.07, 6.45) is 3.33. The van der Waals surface area contributed by atoms with Gasteiger partial charge in [-0.15, -0.1) is 12.4 Å². The second-order valence-corrected chi connectivity index (χ2v) is 6.26. The molecule has 0 spiro atoms. The van der Waals surface area contributed by atoms with Crippen LogP contribution < -0.4 is 5.32 Å². The third-order valence-electron chi connectivity index (χ3n) is 4.93. The van der Waals surface area contributed by atoms with Crippen molar-refractivity contribution in [2.75, 3.05) is 26.2 Å².